The van der Waals surface area contributed by atoms with Gasteiger partial charge in [0.15, 0.2) is 0 Å². The lowest BCUT2D eigenvalue weighted by Gasteiger charge is -2.19. The third kappa shape index (κ3) is 3.35. The van der Waals surface area contributed by atoms with Crippen LogP contribution in [0.3, 0.4) is 0 Å². The van der Waals surface area contributed by atoms with Crippen molar-refractivity contribution in [2.75, 3.05) is 19.1 Å². The third-order valence-electron chi connectivity index (χ3n) is 3.07. The number of methoxy groups -OCH3 is 1. The third-order valence-corrected chi connectivity index (χ3v) is 3.07. The van der Waals surface area contributed by atoms with E-state index in [9.17, 15) is 9.59 Å². The van der Waals surface area contributed by atoms with Gasteiger partial charge in [0, 0.05) is 7.05 Å². The number of hydrogen-bond donors (Lipinski definition) is 1. The van der Waals surface area contributed by atoms with Crippen molar-refractivity contribution >= 4 is 17.7 Å². The number of rotatable bonds is 4. The van der Waals surface area contributed by atoms with Gasteiger partial charge in [0.25, 0.3) is 5.91 Å². The summed E-state index contributed by atoms with van der Waals surface area (Å²) >= 11 is 0. The van der Waals surface area contributed by atoms with Crippen LogP contribution in [0.1, 0.15) is 10.4 Å². The van der Waals surface area contributed by atoms with Gasteiger partial charge in [0.05, 0.1) is 18.4 Å². The number of ether oxygens (including phenoxy) is 2. The van der Waals surface area contributed by atoms with Gasteiger partial charge in [-0.05, 0) is 36.4 Å². The van der Waals surface area contributed by atoms with Gasteiger partial charge < -0.3 is 15.2 Å². The van der Waals surface area contributed by atoms with Crippen LogP contribution in [0.4, 0.5) is 10.5 Å². The molecule has 2 aromatic carbocycles. The van der Waals surface area contributed by atoms with Crippen LogP contribution in [0.2, 0.25) is 0 Å². The smallest absolute Gasteiger partial charge is 0.419 e. The highest BCUT2D eigenvalue weighted by molar-refractivity contribution is 6.02. The predicted octanol–water partition coefficient (Wildman–Crippen LogP) is 2.43. The second kappa shape index (κ2) is 6.62. The number of nitrogens with two attached hydrogens (primary N) is 1. The van der Waals surface area contributed by atoms with E-state index in [4.69, 9.17) is 15.2 Å². The van der Waals surface area contributed by atoms with Crippen LogP contribution in [-0.2, 0) is 0 Å². The molecule has 0 spiro atoms. The van der Waals surface area contributed by atoms with E-state index in [1.54, 1.807) is 55.6 Å². The quantitative estimate of drug-likeness (QED) is 0.940. The summed E-state index contributed by atoms with van der Waals surface area (Å²) in [5.74, 6) is 0.418. The van der Waals surface area contributed by atoms with E-state index in [0.717, 1.165) is 0 Å². The molecule has 2 N–H and O–H groups in total. The number of nitrogens with zero attached hydrogens (tertiary/aromatic N) is 1. The molecule has 6 heteroatoms. The minimum Gasteiger partial charge on any atom is -0.497 e. The van der Waals surface area contributed by atoms with Crippen molar-refractivity contribution < 1.29 is 19.1 Å². The fourth-order valence-corrected chi connectivity index (χ4v) is 1.89. The van der Waals surface area contributed by atoms with Gasteiger partial charge in [-0.1, -0.05) is 12.1 Å². The van der Waals surface area contributed by atoms with Crippen molar-refractivity contribution in [1.82, 2.24) is 0 Å². The maximum Gasteiger partial charge on any atom is 0.419 e. The van der Waals surface area contributed by atoms with Crippen LogP contribution in [0.25, 0.3) is 0 Å². The first-order valence-electron chi connectivity index (χ1n) is 6.51. The van der Waals surface area contributed by atoms with Crippen molar-refractivity contribution in [2.45, 2.75) is 0 Å². The normalized spacial score (nSPS) is 9.91. The van der Waals surface area contributed by atoms with Gasteiger partial charge in [-0.3, -0.25) is 9.69 Å². The molecule has 114 valence electrons. The number of amides is 2. The van der Waals surface area contributed by atoms with Crippen molar-refractivity contribution in [3.05, 3.63) is 54.1 Å². The van der Waals surface area contributed by atoms with Crippen molar-refractivity contribution in [3.63, 3.8) is 0 Å². The molecule has 0 aliphatic carbocycles. The van der Waals surface area contributed by atoms with Crippen LogP contribution < -0.4 is 20.1 Å². The van der Waals surface area contributed by atoms with Crippen LogP contribution in [-0.4, -0.2) is 26.2 Å². The highest BCUT2D eigenvalue weighted by Gasteiger charge is 2.18. The molecule has 0 aromatic heterocycles. The molecule has 0 heterocycles. The second-order valence-electron chi connectivity index (χ2n) is 4.48. The van der Waals surface area contributed by atoms with Crippen LogP contribution in [0.15, 0.2) is 48.5 Å². The van der Waals surface area contributed by atoms with Crippen LogP contribution in [0, 0.1) is 0 Å². The Morgan fingerprint density at radius 1 is 1.00 bits per heavy atom. The van der Waals surface area contributed by atoms with E-state index < -0.39 is 12.0 Å². The van der Waals surface area contributed by atoms with Crippen LogP contribution in [0.5, 0.6) is 11.5 Å². The minimum absolute atomic E-state index is 0.247. The van der Waals surface area contributed by atoms with Gasteiger partial charge in [-0.15, -0.1) is 0 Å². The van der Waals surface area contributed by atoms with E-state index in [0.29, 0.717) is 17.2 Å². The zero-order valence-electron chi connectivity index (χ0n) is 12.3. The molecule has 0 radical (unpaired) electrons. The first kappa shape index (κ1) is 15.4. The van der Waals surface area contributed by atoms with E-state index in [2.05, 4.69) is 0 Å². The summed E-state index contributed by atoms with van der Waals surface area (Å²) in [5, 5.41) is 0. The van der Waals surface area contributed by atoms with Crippen molar-refractivity contribution in [1.29, 1.82) is 0 Å². The molecule has 0 saturated carbocycles. The first-order valence-corrected chi connectivity index (χ1v) is 6.51. The Bertz CT molecular complexity index is 683. The number of benzene rings is 2. The Morgan fingerprint density at radius 2 is 1.59 bits per heavy atom. The van der Waals surface area contributed by atoms with Gasteiger partial charge in [0.2, 0.25) is 0 Å². The fraction of sp³-hybridized carbons (Fsp3) is 0.125. The van der Waals surface area contributed by atoms with Gasteiger partial charge in [-0.2, -0.15) is 0 Å². The second-order valence-corrected chi connectivity index (χ2v) is 4.48. The number of primary amides is 1. The lowest BCUT2D eigenvalue weighted by atomic mass is 10.1. The largest absolute Gasteiger partial charge is 0.497 e. The summed E-state index contributed by atoms with van der Waals surface area (Å²) in [7, 11) is 3.06. The lowest BCUT2D eigenvalue weighted by molar-refractivity contribution is 0.100. The SMILES string of the molecule is COc1ccc(OC(=O)N(C)c2ccccc2C(N)=O)cc1. The van der Waals surface area contributed by atoms with Gasteiger partial charge >= 0.3 is 6.09 Å². The average Bonchev–Trinajstić information content (AvgIpc) is 2.54. The zero-order valence-corrected chi connectivity index (χ0v) is 12.3. The molecule has 0 fully saturated rings. The molecule has 0 unspecified atom stereocenters. The van der Waals surface area contributed by atoms with E-state index in [-0.39, 0.29) is 5.56 Å². The standard InChI is InChI=1S/C16H16N2O4/c1-18(14-6-4-3-5-13(14)15(17)19)16(20)22-12-9-7-11(21-2)8-10-12/h3-10H,1-2H3,(H2,17,19). The lowest BCUT2D eigenvalue weighted by Crippen LogP contribution is -2.31. The average molecular weight is 300 g/mol. The molecule has 0 atom stereocenters. The maximum atomic E-state index is 12.2. The monoisotopic (exact) mass is 300 g/mol. The molecule has 0 aliphatic rings. The van der Waals surface area contributed by atoms with E-state index in [1.807, 2.05) is 0 Å². The molecule has 22 heavy (non-hydrogen) atoms. The topological polar surface area (TPSA) is 81.9 Å². The number of carbonyl (C=O) groups is 2. The number of para-hydroxylation sites is 1. The number of anilines is 1. The minimum atomic E-state index is -0.626. The van der Waals surface area contributed by atoms with Gasteiger partial charge in [0.1, 0.15) is 11.5 Å². The Hall–Kier alpha value is -3.02. The van der Waals surface area contributed by atoms with Gasteiger partial charge in [-0.25, -0.2) is 4.79 Å². The Morgan fingerprint density at radius 3 is 2.18 bits per heavy atom. The summed E-state index contributed by atoms with van der Waals surface area (Å²) in [6.07, 6.45) is -0.626. The Labute approximate surface area is 128 Å². The molecular formula is C16H16N2O4. The van der Waals surface area contributed by atoms with Crippen molar-refractivity contribution in [2.24, 2.45) is 5.73 Å². The van der Waals surface area contributed by atoms with E-state index in [1.165, 1.54) is 11.9 Å². The molecule has 0 aliphatic heterocycles. The molecule has 2 rings (SSSR count). The van der Waals surface area contributed by atoms with Crippen LogP contribution >= 0.6 is 0 Å². The number of carbonyl (C=O) groups excluding carboxylic acids is 2. The molecule has 2 aromatic rings. The van der Waals surface area contributed by atoms with Crippen molar-refractivity contribution in [3.8, 4) is 11.5 Å². The first-order chi connectivity index (χ1) is 10.5. The number of hydrogen-bond acceptors (Lipinski definition) is 4. The zero-order chi connectivity index (χ0) is 16.1. The summed E-state index contributed by atoms with van der Waals surface area (Å²) in [6.45, 7) is 0. The fourth-order valence-electron chi connectivity index (χ4n) is 1.89. The summed E-state index contributed by atoms with van der Waals surface area (Å²) in [4.78, 5) is 24.8. The van der Waals surface area contributed by atoms with E-state index >= 15 is 0 Å². The Balaban J connectivity index is 2.17. The molecule has 0 bridgehead atoms. The maximum absolute atomic E-state index is 12.2. The predicted molar refractivity (Wildman–Crippen MR) is 82.4 cm³/mol. The molecule has 0 saturated heterocycles. The molecule has 6 nitrogen and oxygen atoms in total. The highest BCUT2D eigenvalue weighted by Crippen LogP contribution is 2.22. The molecular weight excluding hydrogens is 284 g/mol. The molecule has 2 amide bonds. The summed E-state index contributed by atoms with van der Waals surface area (Å²) in [5.41, 5.74) is 5.94. The Kier molecular flexibility index (Phi) is 4.63. The highest BCUT2D eigenvalue weighted by atomic mass is 16.6. The summed E-state index contributed by atoms with van der Waals surface area (Å²) < 4.78 is 10.3. The summed E-state index contributed by atoms with van der Waals surface area (Å²) in [6, 6.07) is 13.1.